The Bertz CT molecular complexity index is 1040. The molecule has 0 heterocycles. The van der Waals surface area contributed by atoms with E-state index in [1.165, 1.54) is 11.1 Å². The van der Waals surface area contributed by atoms with Gasteiger partial charge in [0, 0.05) is 11.1 Å². The molecule has 0 amide bonds. The molecule has 152 valence electrons. The highest BCUT2D eigenvalue weighted by molar-refractivity contribution is 6.12. The first-order valence-electron chi connectivity index (χ1n) is 10.2. The Balaban J connectivity index is 1.43. The molecule has 3 aromatic rings. The maximum atomic E-state index is 11.1. The lowest BCUT2D eigenvalue weighted by molar-refractivity contribution is -0.138. The van der Waals surface area contributed by atoms with Crippen molar-refractivity contribution >= 4 is 11.7 Å². The number of benzene rings is 3. The minimum atomic E-state index is -0.684. The van der Waals surface area contributed by atoms with Crippen molar-refractivity contribution < 1.29 is 14.7 Å². The van der Waals surface area contributed by atoms with Crippen molar-refractivity contribution in [3.05, 3.63) is 107 Å². The van der Waals surface area contributed by atoms with Crippen molar-refractivity contribution in [2.45, 2.75) is 25.2 Å². The lowest BCUT2D eigenvalue weighted by Crippen LogP contribution is -2.05. The monoisotopic (exact) mass is 399 g/mol. The first-order valence-corrected chi connectivity index (χ1v) is 10.2. The average Bonchev–Trinajstić information content (AvgIpc) is 3.59. The van der Waals surface area contributed by atoms with Crippen molar-refractivity contribution in [1.29, 1.82) is 0 Å². The number of carboxylic acids is 1. The quantitative estimate of drug-likeness (QED) is 0.425. The van der Waals surface area contributed by atoms with Crippen LogP contribution in [0, 0.1) is 5.92 Å². The number of carboxylic acid groups (broad SMARTS) is 1. The maximum absolute atomic E-state index is 11.1. The molecule has 0 aromatic heterocycles. The molecule has 0 radical (unpaired) electrons. The normalized spacial score (nSPS) is 18.1. The van der Waals surface area contributed by atoms with Gasteiger partial charge in [-0.25, -0.2) is 0 Å². The SMILES string of the molecule is CO/N=C(/c1ccccc1)c1cccc(CCc2ccc(C3CC3C(=O)O)cc2)c1. The van der Waals surface area contributed by atoms with Crippen molar-refractivity contribution in [3.8, 4) is 0 Å². The summed E-state index contributed by atoms with van der Waals surface area (Å²) in [5.74, 6) is -0.702. The molecule has 1 fully saturated rings. The number of hydrogen-bond donors (Lipinski definition) is 1. The fraction of sp³-hybridized carbons (Fsp3) is 0.231. The van der Waals surface area contributed by atoms with Crippen LogP contribution >= 0.6 is 0 Å². The van der Waals surface area contributed by atoms with Crippen LogP contribution in [0.4, 0.5) is 0 Å². The molecule has 2 unspecified atom stereocenters. The van der Waals surface area contributed by atoms with Gasteiger partial charge >= 0.3 is 5.97 Å². The molecule has 0 saturated heterocycles. The Morgan fingerprint density at radius 1 is 0.933 bits per heavy atom. The molecule has 0 spiro atoms. The summed E-state index contributed by atoms with van der Waals surface area (Å²) in [5, 5.41) is 13.4. The topological polar surface area (TPSA) is 58.9 Å². The third kappa shape index (κ3) is 4.60. The zero-order chi connectivity index (χ0) is 20.9. The second kappa shape index (κ2) is 8.95. The number of carbonyl (C=O) groups is 1. The van der Waals surface area contributed by atoms with Crippen molar-refractivity contribution in [3.63, 3.8) is 0 Å². The fourth-order valence-electron chi connectivity index (χ4n) is 3.89. The van der Waals surface area contributed by atoms with Crippen LogP contribution in [0.5, 0.6) is 0 Å². The Morgan fingerprint density at radius 2 is 1.63 bits per heavy atom. The molecule has 1 aliphatic rings. The summed E-state index contributed by atoms with van der Waals surface area (Å²) < 4.78 is 0. The van der Waals surface area contributed by atoms with Gasteiger partial charge in [0.25, 0.3) is 0 Å². The number of oxime groups is 1. The highest BCUT2D eigenvalue weighted by atomic mass is 16.6. The molecule has 1 aliphatic carbocycles. The standard InChI is InChI=1S/C26H25NO3/c1-30-27-25(21-7-3-2-4-8-21)22-9-5-6-19(16-22)11-10-18-12-14-20(15-13-18)23-17-24(23)26(28)29/h2-9,12-16,23-24H,10-11,17H2,1H3,(H,28,29)/b27-25-. The molecule has 0 bridgehead atoms. The van der Waals surface area contributed by atoms with E-state index in [1.54, 1.807) is 7.11 Å². The smallest absolute Gasteiger partial charge is 0.307 e. The summed E-state index contributed by atoms with van der Waals surface area (Å²) in [6.07, 6.45) is 2.61. The minimum absolute atomic E-state index is 0.185. The van der Waals surface area contributed by atoms with Gasteiger partial charge in [0.15, 0.2) is 0 Å². The summed E-state index contributed by atoms with van der Waals surface area (Å²) in [6, 6.07) is 26.9. The Kier molecular flexibility index (Phi) is 5.94. The van der Waals surface area contributed by atoms with Crippen LogP contribution in [0.2, 0.25) is 0 Å². The first kappa shape index (κ1) is 19.9. The van der Waals surface area contributed by atoms with E-state index in [1.807, 2.05) is 30.3 Å². The summed E-state index contributed by atoms with van der Waals surface area (Å²) >= 11 is 0. The van der Waals surface area contributed by atoms with Gasteiger partial charge in [-0.2, -0.15) is 0 Å². The van der Waals surface area contributed by atoms with E-state index in [0.29, 0.717) is 0 Å². The number of nitrogens with zero attached hydrogens (tertiary/aromatic N) is 1. The largest absolute Gasteiger partial charge is 0.481 e. The van der Waals surface area contributed by atoms with Crippen LogP contribution in [0.25, 0.3) is 0 Å². The molecule has 4 rings (SSSR count). The molecular weight excluding hydrogens is 374 g/mol. The molecule has 1 saturated carbocycles. The molecule has 3 aromatic carbocycles. The second-order valence-electron chi connectivity index (χ2n) is 7.72. The third-order valence-corrected chi connectivity index (χ3v) is 5.65. The van der Waals surface area contributed by atoms with E-state index in [4.69, 9.17) is 9.94 Å². The van der Waals surface area contributed by atoms with Crippen LogP contribution in [0.1, 0.15) is 40.2 Å². The van der Waals surface area contributed by atoms with Crippen molar-refractivity contribution in [2.75, 3.05) is 7.11 Å². The van der Waals surface area contributed by atoms with Gasteiger partial charge < -0.3 is 9.94 Å². The van der Waals surface area contributed by atoms with E-state index in [0.717, 1.165) is 41.7 Å². The molecule has 4 nitrogen and oxygen atoms in total. The van der Waals surface area contributed by atoms with Crippen LogP contribution in [-0.4, -0.2) is 23.9 Å². The minimum Gasteiger partial charge on any atom is -0.481 e. The van der Waals surface area contributed by atoms with E-state index in [9.17, 15) is 4.79 Å². The van der Waals surface area contributed by atoms with Crippen LogP contribution in [0.15, 0.2) is 84.0 Å². The number of aryl methyl sites for hydroxylation is 2. The summed E-state index contributed by atoms with van der Waals surface area (Å²) in [4.78, 5) is 16.2. The van der Waals surface area contributed by atoms with Crippen LogP contribution < -0.4 is 0 Å². The summed E-state index contributed by atoms with van der Waals surface area (Å²) in [7, 11) is 1.57. The predicted octanol–water partition coefficient (Wildman–Crippen LogP) is 5.06. The fourth-order valence-corrected chi connectivity index (χ4v) is 3.89. The van der Waals surface area contributed by atoms with Crippen LogP contribution in [0.3, 0.4) is 0 Å². The van der Waals surface area contributed by atoms with Gasteiger partial charge in [-0.15, -0.1) is 0 Å². The third-order valence-electron chi connectivity index (χ3n) is 5.65. The molecule has 4 heteroatoms. The summed E-state index contributed by atoms with van der Waals surface area (Å²) in [6.45, 7) is 0. The lowest BCUT2D eigenvalue weighted by Gasteiger charge is -2.09. The van der Waals surface area contributed by atoms with Gasteiger partial charge in [0.1, 0.15) is 12.8 Å². The predicted molar refractivity (Wildman–Crippen MR) is 118 cm³/mol. The zero-order valence-electron chi connectivity index (χ0n) is 17.0. The average molecular weight is 399 g/mol. The van der Waals surface area contributed by atoms with E-state index in [-0.39, 0.29) is 11.8 Å². The molecule has 0 aliphatic heterocycles. The van der Waals surface area contributed by atoms with Gasteiger partial charge in [0.2, 0.25) is 0 Å². The highest BCUT2D eigenvalue weighted by Gasteiger charge is 2.43. The van der Waals surface area contributed by atoms with Gasteiger partial charge in [-0.1, -0.05) is 78.0 Å². The zero-order valence-corrected chi connectivity index (χ0v) is 17.0. The Labute approximate surface area is 176 Å². The second-order valence-corrected chi connectivity index (χ2v) is 7.72. The van der Waals surface area contributed by atoms with E-state index < -0.39 is 5.97 Å². The van der Waals surface area contributed by atoms with Crippen molar-refractivity contribution in [2.24, 2.45) is 11.1 Å². The highest BCUT2D eigenvalue weighted by Crippen LogP contribution is 2.47. The van der Waals surface area contributed by atoms with Gasteiger partial charge in [-0.05, 0) is 47.9 Å². The van der Waals surface area contributed by atoms with Crippen molar-refractivity contribution in [1.82, 2.24) is 0 Å². The van der Waals surface area contributed by atoms with Crippen LogP contribution in [-0.2, 0) is 22.5 Å². The maximum Gasteiger partial charge on any atom is 0.307 e. The van der Waals surface area contributed by atoms with Gasteiger partial charge in [0.05, 0.1) is 5.92 Å². The Morgan fingerprint density at radius 3 is 2.30 bits per heavy atom. The van der Waals surface area contributed by atoms with Gasteiger partial charge in [-0.3, -0.25) is 4.79 Å². The Hall–Kier alpha value is -3.40. The van der Waals surface area contributed by atoms with E-state index in [2.05, 4.69) is 53.7 Å². The number of aliphatic carboxylic acids is 1. The first-order chi connectivity index (χ1) is 14.7. The molecule has 30 heavy (non-hydrogen) atoms. The number of rotatable bonds is 8. The van der Waals surface area contributed by atoms with E-state index >= 15 is 0 Å². The molecular formula is C26H25NO3. The number of hydrogen-bond acceptors (Lipinski definition) is 3. The summed E-state index contributed by atoms with van der Waals surface area (Å²) in [5.41, 5.74) is 6.50. The lowest BCUT2D eigenvalue weighted by atomic mass is 9.97. The molecule has 2 atom stereocenters. The molecule has 1 N–H and O–H groups in total.